The van der Waals surface area contributed by atoms with Crippen molar-refractivity contribution in [1.82, 2.24) is 15.5 Å². The number of hydrogen-bond acceptors (Lipinski definition) is 2. The summed E-state index contributed by atoms with van der Waals surface area (Å²) in [5, 5.41) is 11.1. The number of nitrogens with one attached hydrogen (secondary N) is 2. The third-order valence-electron chi connectivity index (χ3n) is 2.88. The van der Waals surface area contributed by atoms with Crippen LogP contribution in [0.2, 0.25) is 0 Å². The van der Waals surface area contributed by atoms with E-state index in [1.807, 2.05) is 6.07 Å². The molecule has 0 atom stereocenters. The van der Waals surface area contributed by atoms with Crippen LogP contribution < -0.4 is 5.32 Å². The number of H-pyrrole nitrogens is 1. The number of nitrogens with zero attached hydrogens (tertiary/aromatic N) is 1. The van der Waals surface area contributed by atoms with E-state index >= 15 is 0 Å². The van der Waals surface area contributed by atoms with Crippen molar-refractivity contribution in [3.63, 3.8) is 0 Å². The topological polar surface area (TPSA) is 40.7 Å². The van der Waals surface area contributed by atoms with Gasteiger partial charge in [-0.15, -0.1) is 0 Å². The van der Waals surface area contributed by atoms with E-state index in [2.05, 4.69) is 21.6 Å². The second kappa shape index (κ2) is 3.72. The predicted octanol–water partition coefficient (Wildman–Crippen LogP) is 2.08. The van der Waals surface area contributed by atoms with Crippen LogP contribution in [-0.4, -0.2) is 23.3 Å². The fourth-order valence-electron chi connectivity index (χ4n) is 2.08. The van der Waals surface area contributed by atoms with E-state index in [0.717, 1.165) is 36.2 Å². The highest BCUT2D eigenvalue weighted by atomic mass is 19.1. The maximum atomic E-state index is 13.5. The molecule has 16 heavy (non-hydrogen) atoms. The summed E-state index contributed by atoms with van der Waals surface area (Å²) >= 11 is 0. The molecule has 0 amide bonds. The maximum absolute atomic E-state index is 13.5. The largest absolute Gasteiger partial charge is 0.312 e. The van der Waals surface area contributed by atoms with Gasteiger partial charge in [0.25, 0.3) is 0 Å². The minimum absolute atomic E-state index is 0.249. The van der Waals surface area contributed by atoms with Crippen LogP contribution in [0.1, 0.15) is 12.1 Å². The third-order valence-corrected chi connectivity index (χ3v) is 2.88. The van der Waals surface area contributed by atoms with Crippen LogP contribution in [0.25, 0.3) is 16.5 Å². The van der Waals surface area contributed by atoms with Gasteiger partial charge in [0.1, 0.15) is 11.3 Å². The van der Waals surface area contributed by atoms with Crippen molar-refractivity contribution >= 4 is 16.5 Å². The van der Waals surface area contributed by atoms with E-state index in [-0.39, 0.29) is 5.82 Å². The molecule has 0 aliphatic carbocycles. The predicted molar refractivity (Wildman–Crippen MR) is 61.5 cm³/mol. The third kappa shape index (κ3) is 1.42. The number of aromatic nitrogens is 2. The zero-order chi connectivity index (χ0) is 11.0. The Morgan fingerprint density at radius 2 is 2.25 bits per heavy atom. The standard InChI is InChI=1S/C12H12FN3/c13-10-5-1-4-9-11(15-16-12(9)10)8-3-2-6-14-7-8/h1,3-5,14H,2,6-7H2,(H,15,16). The molecule has 0 saturated heterocycles. The molecule has 3 nitrogen and oxygen atoms in total. The van der Waals surface area contributed by atoms with Gasteiger partial charge in [0, 0.05) is 11.9 Å². The summed E-state index contributed by atoms with van der Waals surface area (Å²) in [5.74, 6) is -0.249. The average Bonchev–Trinajstić information content (AvgIpc) is 2.75. The Hall–Kier alpha value is -1.68. The smallest absolute Gasteiger partial charge is 0.148 e. The lowest BCUT2D eigenvalue weighted by molar-refractivity contribution is 0.636. The molecule has 1 aromatic heterocycles. The molecule has 2 N–H and O–H groups in total. The summed E-state index contributed by atoms with van der Waals surface area (Å²) in [4.78, 5) is 0. The van der Waals surface area contributed by atoms with E-state index in [9.17, 15) is 4.39 Å². The summed E-state index contributed by atoms with van der Waals surface area (Å²) in [5.41, 5.74) is 2.49. The summed E-state index contributed by atoms with van der Waals surface area (Å²) in [6, 6.07) is 5.05. The number of rotatable bonds is 1. The fraction of sp³-hybridized carbons (Fsp3) is 0.250. The number of benzene rings is 1. The monoisotopic (exact) mass is 217 g/mol. The summed E-state index contributed by atoms with van der Waals surface area (Å²) in [7, 11) is 0. The van der Waals surface area contributed by atoms with Gasteiger partial charge in [-0.1, -0.05) is 18.2 Å². The van der Waals surface area contributed by atoms with Gasteiger partial charge in [0.2, 0.25) is 0 Å². The van der Waals surface area contributed by atoms with E-state index in [4.69, 9.17) is 0 Å². The van der Waals surface area contributed by atoms with Gasteiger partial charge in [-0.2, -0.15) is 5.10 Å². The van der Waals surface area contributed by atoms with Crippen LogP contribution in [0.15, 0.2) is 24.3 Å². The van der Waals surface area contributed by atoms with Gasteiger partial charge in [-0.05, 0) is 24.6 Å². The molecule has 4 heteroatoms. The number of para-hydroxylation sites is 1. The van der Waals surface area contributed by atoms with Crippen LogP contribution in [0.3, 0.4) is 0 Å². The van der Waals surface area contributed by atoms with Crippen molar-refractivity contribution in [3.05, 3.63) is 35.8 Å². The molecule has 1 aliphatic rings. The minimum Gasteiger partial charge on any atom is -0.312 e. The number of halogens is 1. The molecule has 0 radical (unpaired) electrons. The number of aromatic amines is 1. The molecular formula is C12H12FN3. The fourth-order valence-corrected chi connectivity index (χ4v) is 2.08. The highest BCUT2D eigenvalue weighted by Gasteiger charge is 2.13. The second-order valence-electron chi connectivity index (χ2n) is 3.93. The van der Waals surface area contributed by atoms with Crippen LogP contribution in [-0.2, 0) is 0 Å². The molecule has 2 aromatic rings. The number of hydrogen-bond donors (Lipinski definition) is 2. The molecule has 0 bridgehead atoms. The Kier molecular flexibility index (Phi) is 2.22. The normalized spacial score (nSPS) is 16.4. The van der Waals surface area contributed by atoms with Crippen LogP contribution in [0.5, 0.6) is 0 Å². The number of fused-ring (bicyclic) bond motifs is 1. The molecule has 0 spiro atoms. The summed E-state index contributed by atoms with van der Waals surface area (Å²) in [6.07, 6.45) is 3.16. The zero-order valence-electron chi connectivity index (χ0n) is 8.76. The molecular weight excluding hydrogens is 205 g/mol. The van der Waals surface area contributed by atoms with Gasteiger partial charge in [0.15, 0.2) is 0 Å². The van der Waals surface area contributed by atoms with Gasteiger partial charge < -0.3 is 5.32 Å². The van der Waals surface area contributed by atoms with Crippen LogP contribution in [0.4, 0.5) is 4.39 Å². The first-order chi connectivity index (χ1) is 7.86. The quantitative estimate of drug-likeness (QED) is 0.767. The lowest BCUT2D eigenvalue weighted by Gasteiger charge is -2.12. The molecule has 1 aromatic carbocycles. The van der Waals surface area contributed by atoms with Crippen LogP contribution in [0, 0.1) is 5.82 Å². The Morgan fingerprint density at radius 1 is 1.31 bits per heavy atom. The van der Waals surface area contributed by atoms with Gasteiger partial charge in [0.05, 0.1) is 5.69 Å². The molecule has 2 heterocycles. The first-order valence-corrected chi connectivity index (χ1v) is 5.39. The Balaban J connectivity index is 2.17. The highest BCUT2D eigenvalue weighted by molar-refractivity contribution is 5.91. The van der Waals surface area contributed by atoms with Crippen molar-refractivity contribution in [1.29, 1.82) is 0 Å². The van der Waals surface area contributed by atoms with Crippen molar-refractivity contribution in [3.8, 4) is 0 Å². The average molecular weight is 217 g/mol. The van der Waals surface area contributed by atoms with E-state index in [1.165, 1.54) is 6.07 Å². The van der Waals surface area contributed by atoms with Gasteiger partial charge >= 0.3 is 0 Å². The summed E-state index contributed by atoms with van der Waals surface area (Å²) < 4.78 is 13.5. The van der Waals surface area contributed by atoms with Crippen molar-refractivity contribution in [2.75, 3.05) is 13.1 Å². The SMILES string of the molecule is Fc1cccc2c(C3=CCCNC3)n[nH]c12. The Bertz CT molecular complexity index is 556. The molecule has 0 fully saturated rings. The molecule has 82 valence electrons. The molecule has 0 saturated carbocycles. The van der Waals surface area contributed by atoms with Crippen molar-refractivity contribution < 1.29 is 4.39 Å². The molecule has 0 unspecified atom stereocenters. The first-order valence-electron chi connectivity index (χ1n) is 5.39. The maximum Gasteiger partial charge on any atom is 0.148 e. The van der Waals surface area contributed by atoms with Crippen molar-refractivity contribution in [2.24, 2.45) is 0 Å². The van der Waals surface area contributed by atoms with Crippen LogP contribution >= 0.6 is 0 Å². The first kappa shape index (κ1) is 9.54. The second-order valence-corrected chi connectivity index (χ2v) is 3.93. The Morgan fingerprint density at radius 3 is 3.06 bits per heavy atom. The minimum atomic E-state index is -0.249. The van der Waals surface area contributed by atoms with E-state index in [1.54, 1.807) is 6.07 Å². The lowest BCUT2D eigenvalue weighted by Crippen LogP contribution is -2.21. The van der Waals surface area contributed by atoms with Gasteiger partial charge in [-0.3, -0.25) is 5.10 Å². The van der Waals surface area contributed by atoms with Crippen molar-refractivity contribution in [2.45, 2.75) is 6.42 Å². The highest BCUT2D eigenvalue weighted by Crippen LogP contribution is 2.25. The molecule has 1 aliphatic heterocycles. The lowest BCUT2D eigenvalue weighted by atomic mass is 10.0. The zero-order valence-corrected chi connectivity index (χ0v) is 8.76. The summed E-state index contributed by atoms with van der Waals surface area (Å²) in [6.45, 7) is 1.80. The Labute approximate surface area is 92.4 Å². The molecule has 3 rings (SSSR count). The van der Waals surface area contributed by atoms with Gasteiger partial charge in [-0.25, -0.2) is 4.39 Å². The van der Waals surface area contributed by atoms with E-state index < -0.39 is 0 Å². The van der Waals surface area contributed by atoms with E-state index in [0.29, 0.717) is 5.52 Å².